The normalized spacial score (nSPS) is 20.3. The number of carbonyl (C=O) groups is 1. The first-order chi connectivity index (χ1) is 9.01. The Morgan fingerprint density at radius 2 is 2.47 bits per heavy atom. The first-order valence-corrected chi connectivity index (χ1v) is 7.03. The molecular weight excluding hydrogens is 262 g/mol. The highest BCUT2D eigenvalue weighted by molar-refractivity contribution is 7.18. The van der Waals surface area contributed by atoms with Crippen molar-refractivity contribution in [1.82, 2.24) is 10.3 Å². The molecule has 0 aliphatic carbocycles. The smallest absolute Gasteiger partial charge is 0.265 e. The lowest BCUT2D eigenvalue weighted by atomic mass is 10.3. The molecule has 0 bridgehead atoms. The Morgan fingerprint density at radius 1 is 1.74 bits per heavy atom. The van der Waals surface area contributed by atoms with Gasteiger partial charge in [-0.3, -0.25) is 4.79 Å². The Balaban J connectivity index is 2.12. The molecular formula is C12H19N5OS. The Bertz CT molecular complexity index is 486. The Labute approximate surface area is 116 Å². The van der Waals surface area contributed by atoms with Crippen molar-refractivity contribution >= 4 is 28.2 Å². The fourth-order valence-electron chi connectivity index (χ4n) is 1.91. The number of nitrogens with two attached hydrogens (primary N) is 2. The number of nitrogens with zero attached hydrogens (tertiary/aromatic N) is 2. The first-order valence-electron chi connectivity index (χ1n) is 6.21. The topological polar surface area (TPSA) is 97.3 Å². The van der Waals surface area contributed by atoms with Gasteiger partial charge in [-0.2, -0.15) is 0 Å². The Kier molecular flexibility index (Phi) is 4.06. The van der Waals surface area contributed by atoms with Crippen molar-refractivity contribution in [2.75, 3.05) is 23.7 Å². The molecule has 1 amide bonds. The van der Waals surface area contributed by atoms with Crippen LogP contribution in [0, 0.1) is 0 Å². The second-order valence-corrected chi connectivity index (χ2v) is 5.68. The minimum atomic E-state index is -0.211. The zero-order chi connectivity index (χ0) is 14.0. The molecule has 2 heterocycles. The average Bonchev–Trinajstić information content (AvgIpc) is 2.95. The molecule has 2 unspecified atom stereocenters. The third kappa shape index (κ3) is 3.05. The number of hydrogen-bond acceptors (Lipinski definition) is 6. The summed E-state index contributed by atoms with van der Waals surface area (Å²) in [5.41, 5.74) is 11.7. The summed E-state index contributed by atoms with van der Waals surface area (Å²) < 4.78 is 0. The standard InChI is InChI=1S/C12H19N5OS/c1-3-7(2)15-11(18)9-10(14)16-12(19-9)17-5-4-8(13)6-17/h3,7-8H,1,4-6,13-14H2,2H3,(H,15,18). The van der Waals surface area contributed by atoms with Crippen LogP contribution in [-0.4, -0.2) is 36.1 Å². The summed E-state index contributed by atoms with van der Waals surface area (Å²) >= 11 is 1.31. The van der Waals surface area contributed by atoms with Crippen molar-refractivity contribution in [2.45, 2.75) is 25.4 Å². The van der Waals surface area contributed by atoms with Crippen LogP contribution in [0.4, 0.5) is 10.9 Å². The summed E-state index contributed by atoms with van der Waals surface area (Å²) in [5, 5.41) is 3.56. The van der Waals surface area contributed by atoms with Gasteiger partial charge >= 0.3 is 0 Å². The van der Waals surface area contributed by atoms with Gasteiger partial charge in [-0.1, -0.05) is 17.4 Å². The lowest BCUT2D eigenvalue weighted by molar-refractivity contribution is 0.0951. The van der Waals surface area contributed by atoms with E-state index in [0.717, 1.165) is 24.6 Å². The number of nitrogens with one attached hydrogen (secondary N) is 1. The summed E-state index contributed by atoms with van der Waals surface area (Å²) in [6.07, 6.45) is 2.60. The molecule has 2 rings (SSSR count). The summed E-state index contributed by atoms with van der Waals surface area (Å²) in [5.74, 6) is 0.0615. The van der Waals surface area contributed by atoms with E-state index in [1.54, 1.807) is 6.08 Å². The second kappa shape index (κ2) is 5.58. The first kappa shape index (κ1) is 13.8. The monoisotopic (exact) mass is 281 g/mol. The van der Waals surface area contributed by atoms with E-state index in [2.05, 4.69) is 21.8 Å². The largest absolute Gasteiger partial charge is 0.382 e. The molecule has 1 saturated heterocycles. The van der Waals surface area contributed by atoms with Gasteiger partial charge in [0.1, 0.15) is 10.7 Å². The number of rotatable bonds is 4. The molecule has 5 N–H and O–H groups in total. The number of hydrogen-bond donors (Lipinski definition) is 3. The predicted molar refractivity (Wildman–Crippen MR) is 78.5 cm³/mol. The molecule has 6 nitrogen and oxygen atoms in total. The van der Waals surface area contributed by atoms with Crippen LogP contribution in [0.15, 0.2) is 12.7 Å². The minimum Gasteiger partial charge on any atom is -0.382 e. The fraction of sp³-hybridized carbons (Fsp3) is 0.500. The predicted octanol–water partition coefficient (Wildman–Crippen LogP) is 0.567. The van der Waals surface area contributed by atoms with Crippen molar-refractivity contribution in [3.63, 3.8) is 0 Å². The van der Waals surface area contributed by atoms with Crippen LogP contribution < -0.4 is 21.7 Å². The van der Waals surface area contributed by atoms with E-state index in [4.69, 9.17) is 11.5 Å². The van der Waals surface area contributed by atoms with E-state index >= 15 is 0 Å². The van der Waals surface area contributed by atoms with Crippen molar-refractivity contribution in [3.8, 4) is 0 Å². The van der Waals surface area contributed by atoms with E-state index in [-0.39, 0.29) is 23.8 Å². The maximum atomic E-state index is 12.0. The van der Waals surface area contributed by atoms with Gasteiger partial charge in [0.2, 0.25) is 0 Å². The molecule has 1 aliphatic rings. The van der Waals surface area contributed by atoms with Crippen molar-refractivity contribution < 1.29 is 4.79 Å². The molecule has 0 aromatic carbocycles. The van der Waals surface area contributed by atoms with Crippen LogP contribution >= 0.6 is 11.3 Å². The van der Waals surface area contributed by atoms with Gasteiger partial charge in [0.05, 0.1) is 0 Å². The van der Waals surface area contributed by atoms with Crippen molar-refractivity contribution in [2.24, 2.45) is 5.73 Å². The van der Waals surface area contributed by atoms with Gasteiger partial charge in [0.15, 0.2) is 5.13 Å². The molecule has 0 saturated carbocycles. The van der Waals surface area contributed by atoms with Gasteiger partial charge in [0, 0.05) is 25.2 Å². The molecule has 19 heavy (non-hydrogen) atoms. The number of anilines is 2. The van der Waals surface area contributed by atoms with E-state index in [1.807, 2.05) is 6.92 Å². The SMILES string of the molecule is C=CC(C)NC(=O)c1sc(N2CCC(N)C2)nc1N. The van der Waals surface area contributed by atoms with Gasteiger partial charge < -0.3 is 21.7 Å². The third-order valence-electron chi connectivity index (χ3n) is 3.06. The number of aromatic nitrogens is 1. The molecule has 1 fully saturated rings. The van der Waals surface area contributed by atoms with Crippen LogP contribution in [0.25, 0.3) is 0 Å². The van der Waals surface area contributed by atoms with Gasteiger partial charge in [-0.05, 0) is 13.3 Å². The average molecular weight is 281 g/mol. The van der Waals surface area contributed by atoms with Gasteiger partial charge in [-0.15, -0.1) is 6.58 Å². The molecule has 1 aliphatic heterocycles. The maximum absolute atomic E-state index is 12.0. The molecule has 0 radical (unpaired) electrons. The van der Waals surface area contributed by atoms with Gasteiger partial charge in [0.25, 0.3) is 5.91 Å². The van der Waals surface area contributed by atoms with Crippen LogP contribution in [-0.2, 0) is 0 Å². The molecule has 1 aromatic rings. The lowest BCUT2D eigenvalue weighted by Crippen LogP contribution is -2.30. The van der Waals surface area contributed by atoms with Crippen LogP contribution in [0.5, 0.6) is 0 Å². The van der Waals surface area contributed by atoms with E-state index in [9.17, 15) is 4.79 Å². The number of amides is 1. The highest BCUT2D eigenvalue weighted by Crippen LogP contribution is 2.30. The zero-order valence-corrected chi connectivity index (χ0v) is 11.7. The van der Waals surface area contributed by atoms with Crippen LogP contribution in [0.3, 0.4) is 0 Å². The summed E-state index contributed by atoms with van der Waals surface area (Å²) in [4.78, 5) is 18.8. The summed E-state index contributed by atoms with van der Waals surface area (Å²) in [6, 6.07) is 0.0702. The number of thiazole rings is 1. The third-order valence-corrected chi connectivity index (χ3v) is 4.19. The minimum absolute atomic E-state index is 0.0994. The summed E-state index contributed by atoms with van der Waals surface area (Å²) in [6.45, 7) is 7.10. The number of nitrogen functional groups attached to an aromatic ring is 1. The van der Waals surface area contributed by atoms with Crippen LogP contribution in [0.2, 0.25) is 0 Å². The Hall–Kier alpha value is -1.60. The Morgan fingerprint density at radius 3 is 3.05 bits per heavy atom. The van der Waals surface area contributed by atoms with E-state index < -0.39 is 0 Å². The molecule has 0 spiro atoms. The van der Waals surface area contributed by atoms with E-state index in [1.165, 1.54) is 11.3 Å². The van der Waals surface area contributed by atoms with Gasteiger partial charge in [-0.25, -0.2) is 4.98 Å². The second-order valence-electron chi connectivity index (χ2n) is 4.70. The van der Waals surface area contributed by atoms with Crippen molar-refractivity contribution in [1.29, 1.82) is 0 Å². The quantitative estimate of drug-likeness (QED) is 0.701. The number of carbonyl (C=O) groups excluding carboxylic acids is 1. The van der Waals surface area contributed by atoms with Crippen LogP contribution in [0.1, 0.15) is 23.0 Å². The molecule has 7 heteroatoms. The molecule has 1 aromatic heterocycles. The molecule has 2 atom stereocenters. The van der Waals surface area contributed by atoms with E-state index in [0.29, 0.717) is 4.88 Å². The zero-order valence-electron chi connectivity index (χ0n) is 10.9. The highest BCUT2D eigenvalue weighted by Gasteiger charge is 2.25. The summed E-state index contributed by atoms with van der Waals surface area (Å²) in [7, 11) is 0. The maximum Gasteiger partial charge on any atom is 0.265 e. The lowest BCUT2D eigenvalue weighted by Gasteiger charge is -2.12. The van der Waals surface area contributed by atoms with Crippen molar-refractivity contribution in [3.05, 3.63) is 17.5 Å². The highest BCUT2D eigenvalue weighted by atomic mass is 32.1. The fourth-order valence-corrected chi connectivity index (χ4v) is 2.83. The molecule has 104 valence electrons.